The van der Waals surface area contributed by atoms with Crippen molar-refractivity contribution in [3.8, 4) is 0 Å². The number of carboxylic acid groups (broad SMARTS) is 1. The summed E-state index contributed by atoms with van der Waals surface area (Å²) in [6.45, 7) is 0.692. The molecule has 1 aliphatic heterocycles. The van der Waals surface area contributed by atoms with E-state index in [4.69, 9.17) is 0 Å². The van der Waals surface area contributed by atoms with Gasteiger partial charge in [-0.25, -0.2) is 14.8 Å². The first-order valence-corrected chi connectivity index (χ1v) is 8.84. The van der Waals surface area contributed by atoms with Gasteiger partial charge in [-0.15, -0.1) is 5.11 Å². The molecule has 1 saturated carbocycles. The maximum absolute atomic E-state index is 11.5. The van der Waals surface area contributed by atoms with Gasteiger partial charge in [-0.3, -0.25) is 4.68 Å². The zero-order valence-corrected chi connectivity index (χ0v) is 14.5. The number of hydrogen-bond donors (Lipinski definition) is 1. The van der Waals surface area contributed by atoms with Crippen LogP contribution in [-0.2, 0) is 13.0 Å². The van der Waals surface area contributed by atoms with Gasteiger partial charge in [0.1, 0.15) is 11.2 Å². The Hall–Kier alpha value is -3.36. The second kappa shape index (κ2) is 6.11. The number of rotatable bonds is 6. The number of aromatic carboxylic acids is 1. The molecule has 4 heterocycles. The first kappa shape index (κ1) is 15.9. The molecule has 0 amide bonds. The fourth-order valence-corrected chi connectivity index (χ4v) is 3.31. The molecule has 2 aliphatic rings. The minimum Gasteiger partial charge on any atom is -0.478 e. The molecule has 136 valence electrons. The molecule has 9 heteroatoms. The van der Waals surface area contributed by atoms with Gasteiger partial charge in [0.05, 0.1) is 24.4 Å². The number of fused-ring (bicyclic) bond motifs is 1. The molecule has 0 unspecified atom stereocenters. The monoisotopic (exact) mass is 363 g/mol. The van der Waals surface area contributed by atoms with E-state index < -0.39 is 5.97 Å². The molecule has 1 N–H and O–H groups in total. The summed E-state index contributed by atoms with van der Waals surface area (Å²) in [6.07, 6.45) is 8.40. The number of hydrogen-bond acceptors (Lipinski definition) is 6. The minimum absolute atomic E-state index is 0.152. The van der Waals surface area contributed by atoms with Crippen LogP contribution in [0.15, 0.2) is 45.9 Å². The molecule has 0 atom stereocenters. The SMILES string of the molecule is O=C(O)c1cn(Cc2cn3cc(C4CC4)ccc3n2)nc1CC1=NCN=N1. The van der Waals surface area contributed by atoms with Gasteiger partial charge in [0.15, 0.2) is 12.5 Å². The van der Waals surface area contributed by atoms with Gasteiger partial charge in [0.2, 0.25) is 0 Å². The first-order chi connectivity index (χ1) is 13.2. The van der Waals surface area contributed by atoms with Crippen LogP contribution in [0.1, 0.15) is 46.1 Å². The van der Waals surface area contributed by atoms with Crippen LogP contribution in [0.2, 0.25) is 0 Å². The lowest BCUT2D eigenvalue weighted by Crippen LogP contribution is -2.05. The van der Waals surface area contributed by atoms with Crippen LogP contribution in [0.4, 0.5) is 0 Å². The number of amidine groups is 1. The third-order valence-corrected chi connectivity index (χ3v) is 4.79. The van der Waals surface area contributed by atoms with Gasteiger partial charge in [0.25, 0.3) is 0 Å². The van der Waals surface area contributed by atoms with Crippen molar-refractivity contribution in [3.05, 3.63) is 53.2 Å². The maximum Gasteiger partial charge on any atom is 0.339 e. The summed E-state index contributed by atoms with van der Waals surface area (Å²) in [5.74, 6) is 0.168. The van der Waals surface area contributed by atoms with E-state index in [1.165, 1.54) is 24.6 Å². The second-order valence-electron chi connectivity index (χ2n) is 6.86. The fourth-order valence-electron chi connectivity index (χ4n) is 3.31. The zero-order valence-electron chi connectivity index (χ0n) is 14.5. The number of carbonyl (C=O) groups is 1. The quantitative estimate of drug-likeness (QED) is 0.725. The predicted molar refractivity (Wildman–Crippen MR) is 96.3 cm³/mol. The van der Waals surface area contributed by atoms with Crippen molar-refractivity contribution >= 4 is 17.5 Å². The Kier molecular flexibility index (Phi) is 3.59. The standard InChI is InChI=1S/C18H17N7O2/c26-18(27)14-9-25(23-15(14)5-16-19-10-20-22-16)8-13-7-24-6-12(11-1-2-11)3-4-17(24)21-13/h3-4,6-7,9,11H,1-2,5,8,10H2,(H,26,27). The van der Waals surface area contributed by atoms with Gasteiger partial charge in [0, 0.05) is 18.6 Å². The van der Waals surface area contributed by atoms with Crippen molar-refractivity contribution < 1.29 is 9.90 Å². The summed E-state index contributed by atoms with van der Waals surface area (Å²) < 4.78 is 3.63. The van der Waals surface area contributed by atoms with Gasteiger partial charge >= 0.3 is 5.97 Å². The summed E-state index contributed by atoms with van der Waals surface area (Å²) in [5.41, 5.74) is 3.63. The number of aromatic nitrogens is 4. The van der Waals surface area contributed by atoms with E-state index in [9.17, 15) is 9.90 Å². The summed E-state index contributed by atoms with van der Waals surface area (Å²) in [7, 11) is 0. The molecule has 0 aromatic carbocycles. The molecule has 3 aromatic heterocycles. The van der Waals surface area contributed by atoms with Crippen molar-refractivity contribution in [2.24, 2.45) is 15.2 Å². The molecular formula is C18H17N7O2. The van der Waals surface area contributed by atoms with Crippen LogP contribution in [-0.4, -0.2) is 42.7 Å². The van der Waals surface area contributed by atoms with Crippen molar-refractivity contribution in [1.29, 1.82) is 0 Å². The van der Waals surface area contributed by atoms with Crippen molar-refractivity contribution in [2.45, 2.75) is 31.7 Å². The zero-order chi connectivity index (χ0) is 18.4. The third kappa shape index (κ3) is 3.12. The second-order valence-corrected chi connectivity index (χ2v) is 6.86. The molecule has 9 nitrogen and oxygen atoms in total. The van der Waals surface area contributed by atoms with Gasteiger partial charge in [-0.2, -0.15) is 10.2 Å². The molecule has 1 aliphatic carbocycles. The van der Waals surface area contributed by atoms with Crippen LogP contribution in [0.5, 0.6) is 0 Å². The van der Waals surface area contributed by atoms with E-state index >= 15 is 0 Å². The van der Waals surface area contributed by atoms with Gasteiger partial charge in [-0.1, -0.05) is 6.07 Å². The largest absolute Gasteiger partial charge is 0.478 e. The number of imidazole rings is 1. The van der Waals surface area contributed by atoms with Gasteiger partial charge in [-0.05, 0) is 30.4 Å². The van der Waals surface area contributed by atoms with E-state index in [-0.39, 0.29) is 12.0 Å². The lowest BCUT2D eigenvalue weighted by molar-refractivity contribution is 0.0696. The van der Waals surface area contributed by atoms with Crippen LogP contribution in [0.3, 0.4) is 0 Å². The number of aliphatic imine (C=N–C) groups is 1. The first-order valence-electron chi connectivity index (χ1n) is 8.84. The Labute approximate surface area is 154 Å². The number of azo groups is 1. The lowest BCUT2D eigenvalue weighted by atomic mass is 10.2. The molecule has 1 fully saturated rings. The van der Waals surface area contributed by atoms with E-state index in [2.05, 4.69) is 37.6 Å². The van der Waals surface area contributed by atoms with Gasteiger partial charge < -0.3 is 9.51 Å². The van der Waals surface area contributed by atoms with Crippen molar-refractivity contribution in [2.75, 3.05) is 6.67 Å². The molecule has 0 saturated heterocycles. The molecule has 5 rings (SSSR count). The smallest absolute Gasteiger partial charge is 0.339 e. The summed E-state index contributed by atoms with van der Waals surface area (Å²) >= 11 is 0. The minimum atomic E-state index is -1.02. The Morgan fingerprint density at radius 3 is 2.85 bits per heavy atom. The number of carboxylic acids is 1. The average Bonchev–Trinajstić information content (AvgIpc) is 3.03. The highest BCUT2D eigenvalue weighted by Gasteiger charge is 2.24. The molecule has 0 spiro atoms. The number of nitrogens with zero attached hydrogens (tertiary/aromatic N) is 7. The maximum atomic E-state index is 11.5. The Balaban J connectivity index is 1.41. The lowest BCUT2D eigenvalue weighted by Gasteiger charge is -1.98. The van der Waals surface area contributed by atoms with Crippen molar-refractivity contribution in [3.63, 3.8) is 0 Å². The highest BCUT2D eigenvalue weighted by molar-refractivity contribution is 5.92. The Morgan fingerprint density at radius 1 is 1.22 bits per heavy atom. The normalized spacial score (nSPS) is 16.2. The average molecular weight is 363 g/mol. The molecule has 0 radical (unpaired) electrons. The third-order valence-electron chi connectivity index (χ3n) is 4.79. The highest BCUT2D eigenvalue weighted by atomic mass is 16.4. The van der Waals surface area contributed by atoms with E-state index in [0.717, 1.165) is 11.3 Å². The molecule has 27 heavy (non-hydrogen) atoms. The number of pyridine rings is 1. The predicted octanol–water partition coefficient (Wildman–Crippen LogP) is 2.52. The van der Waals surface area contributed by atoms with Crippen LogP contribution >= 0.6 is 0 Å². The Morgan fingerprint density at radius 2 is 2.11 bits per heavy atom. The van der Waals surface area contributed by atoms with E-state index in [1.54, 1.807) is 4.68 Å². The van der Waals surface area contributed by atoms with E-state index in [0.29, 0.717) is 30.7 Å². The summed E-state index contributed by atoms with van der Waals surface area (Å²) in [6, 6.07) is 4.16. The fraction of sp³-hybridized carbons (Fsp3) is 0.333. The molecule has 3 aromatic rings. The Bertz CT molecular complexity index is 1100. The van der Waals surface area contributed by atoms with Crippen LogP contribution < -0.4 is 0 Å². The summed E-state index contributed by atoms with van der Waals surface area (Å²) in [5, 5.41) is 21.6. The van der Waals surface area contributed by atoms with Crippen molar-refractivity contribution in [1.82, 2.24) is 19.2 Å². The topological polar surface area (TPSA) is 110 Å². The van der Waals surface area contributed by atoms with Crippen LogP contribution in [0, 0.1) is 0 Å². The van der Waals surface area contributed by atoms with E-state index in [1.807, 2.05) is 16.7 Å². The molecule has 0 bridgehead atoms. The molecular weight excluding hydrogens is 346 g/mol. The highest BCUT2D eigenvalue weighted by Crippen LogP contribution is 2.39. The van der Waals surface area contributed by atoms with Crippen LogP contribution in [0.25, 0.3) is 5.65 Å². The summed E-state index contributed by atoms with van der Waals surface area (Å²) in [4.78, 5) is 20.3.